The number of fused-ring (bicyclic) bond motifs is 1. The number of para-hydroxylation sites is 1. The van der Waals surface area contributed by atoms with Gasteiger partial charge in [-0.1, -0.05) is 53.5 Å². The molecule has 0 unspecified atom stereocenters. The molecule has 0 saturated carbocycles. The van der Waals surface area contributed by atoms with Gasteiger partial charge in [0.25, 0.3) is 5.91 Å². The van der Waals surface area contributed by atoms with Crippen LogP contribution in [0.3, 0.4) is 0 Å². The molecule has 1 aliphatic rings. The van der Waals surface area contributed by atoms with Crippen molar-refractivity contribution in [2.24, 2.45) is 0 Å². The molecule has 0 bridgehead atoms. The van der Waals surface area contributed by atoms with Crippen molar-refractivity contribution in [1.29, 1.82) is 0 Å². The van der Waals surface area contributed by atoms with Gasteiger partial charge in [0.1, 0.15) is 0 Å². The van der Waals surface area contributed by atoms with E-state index in [9.17, 15) is 9.59 Å². The van der Waals surface area contributed by atoms with E-state index in [0.717, 1.165) is 16.5 Å². The van der Waals surface area contributed by atoms with Crippen LogP contribution >= 0.6 is 23.2 Å². The number of rotatable bonds is 3. The van der Waals surface area contributed by atoms with Gasteiger partial charge in [0.2, 0.25) is 5.91 Å². The summed E-state index contributed by atoms with van der Waals surface area (Å²) < 4.78 is 0. The summed E-state index contributed by atoms with van der Waals surface area (Å²) in [5.74, 6) is -0.161. The Balaban J connectivity index is 1.64. The highest BCUT2D eigenvalue weighted by Gasteiger charge is 2.23. The molecule has 0 atom stereocenters. The molecule has 0 aliphatic carbocycles. The monoisotopic (exact) mass is 441 g/mol. The number of hydrogen-bond acceptors (Lipinski definition) is 3. The lowest BCUT2D eigenvalue weighted by atomic mass is 10.0. The molecule has 3 aromatic carbocycles. The topological polar surface area (TPSA) is 52.7 Å². The SMILES string of the molecule is CC(=O)N1CCN(c2c(Cl)cccc2NC(=O)c2cccc3c(Cl)cccc23)CC1. The molecule has 1 aliphatic heterocycles. The number of piperazine rings is 1. The Bertz CT molecular complexity index is 1120. The van der Waals surface area contributed by atoms with E-state index in [1.54, 1.807) is 19.1 Å². The first-order chi connectivity index (χ1) is 14.5. The Hall–Kier alpha value is -2.76. The fraction of sp³-hybridized carbons (Fsp3) is 0.217. The molecule has 1 heterocycles. The first kappa shape index (κ1) is 20.5. The van der Waals surface area contributed by atoms with Crippen molar-refractivity contribution in [3.05, 3.63) is 70.2 Å². The van der Waals surface area contributed by atoms with Crippen LogP contribution in [-0.2, 0) is 4.79 Å². The largest absolute Gasteiger partial charge is 0.365 e. The molecule has 0 radical (unpaired) electrons. The molecule has 1 fully saturated rings. The van der Waals surface area contributed by atoms with E-state index in [1.807, 2.05) is 47.4 Å². The van der Waals surface area contributed by atoms with E-state index < -0.39 is 0 Å². The lowest BCUT2D eigenvalue weighted by Gasteiger charge is -2.37. The van der Waals surface area contributed by atoms with E-state index in [0.29, 0.717) is 47.5 Å². The fourth-order valence-electron chi connectivity index (χ4n) is 3.84. The van der Waals surface area contributed by atoms with Crippen LogP contribution in [0.15, 0.2) is 54.6 Å². The second-order valence-corrected chi connectivity index (χ2v) is 8.04. The molecule has 1 N–H and O–H groups in total. The number of carbonyl (C=O) groups is 2. The minimum Gasteiger partial charge on any atom is -0.365 e. The average molecular weight is 442 g/mol. The number of halogens is 2. The van der Waals surface area contributed by atoms with Crippen LogP contribution in [0.4, 0.5) is 11.4 Å². The lowest BCUT2D eigenvalue weighted by Crippen LogP contribution is -2.48. The van der Waals surface area contributed by atoms with Crippen molar-refractivity contribution < 1.29 is 9.59 Å². The third-order valence-electron chi connectivity index (χ3n) is 5.39. The summed E-state index contributed by atoms with van der Waals surface area (Å²) >= 11 is 12.8. The molecular formula is C23H21Cl2N3O2. The lowest BCUT2D eigenvalue weighted by molar-refractivity contribution is -0.129. The van der Waals surface area contributed by atoms with Crippen molar-refractivity contribution in [1.82, 2.24) is 4.90 Å². The molecule has 5 nitrogen and oxygen atoms in total. The van der Waals surface area contributed by atoms with Crippen LogP contribution < -0.4 is 10.2 Å². The van der Waals surface area contributed by atoms with E-state index in [1.165, 1.54) is 0 Å². The highest BCUT2D eigenvalue weighted by Crippen LogP contribution is 2.35. The first-order valence-electron chi connectivity index (χ1n) is 9.73. The third-order valence-corrected chi connectivity index (χ3v) is 6.02. The molecule has 154 valence electrons. The van der Waals surface area contributed by atoms with Crippen molar-refractivity contribution >= 4 is 57.2 Å². The Morgan fingerprint density at radius 1 is 0.833 bits per heavy atom. The summed E-state index contributed by atoms with van der Waals surface area (Å²) in [5.41, 5.74) is 1.96. The highest BCUT2D eigenvalue weighted by molar-refractivity contribution is 6.36. The van der Waals surface area contributed by atoms with Crippen LogP contribution in [0.25, 0.3) is 10.8 Å². The number of anilines is 2. The van der Waals surface area contributed by atoms with E-state index >= 15 is 0 Å². The predicted molar refractivity (Wildman–Crippen MR) is 123 cm³/mol. The molecule has 0 aromatic heterocycles. The Kier molecular flexibility index (Phi) is 5.84. The standard InChI is InChI=1S/C23H21Cl2N3O2/c1-15(29)27-11-13-28(14-12-27)22-20(25)9-4-10-21(22)26-23(30)18-7-2-6-17-16(18)5-3-8-19(17)24/h2-10H,11-14H2,1H3,(H,26,30). The molecule has 4 rings (SSSR count). The summed E-state index contributed by atoms with van der Waals surface area (Å²) in [7, 11) is 0. The van der Waals surface area contributed by atoms with E-state index in [4.69, 9.17) is 23.2 Å². The summed E-state index contributed by atoms with van der Waals surface area (Å²) in [6.07, 6.45) is 0. The number of benzene rings is 3. The minimum absolute atomic E-state index is 0.0666. The molecule has 0 spiro atoms. The van der Waals surface area contributed by atoms with Gasteiger partial charge in [-0.3, -0.25) is 9.59 Å². The van der Waals surface area contributed by atoms with Crippen molar-refractivity contribution in [3.63, 3.8) is 0 Å². The van der Waals surface area contributed by atoms with E-state index in [2.05, 4.69) is 10.2 Å². The second kappa shape index (κ2) is 8.54. The van der Waals surface area contributed by atoms with Gasteiger partial charge in [0.15, 0.2) is 0 Å². The zero-order chi connectivity index (χ0) is 21.3. The van der Waals surface area contributed by atoms with Crippen molar-refractivity contribution in [3.8, 4) is 0 Å². The zero-order valence-electron chi connectivity index (χ0n) is 16.5. The van der Waals surface area contributed by atoms with Gasteiger partial charge in [-0.2, -0.15) is 0 Å². The number of nitrogens with one attached hydrogen (secondary N) is 1. The van der Waals surface area contributed by atoms with Crippen LogP contribution in [0.1, 0.15) is 17.3 Å². The minimum atomic E-state index is -0.228. The summed E-state index contributed by atoms with van der Waals surface area (Å²) in [5, 5.41) is 5.81. The smallest absolute Gasteiger partial charge is 0.256 e. The van der Waals surface area contributed by atoms with Crippen LogP contribution in [0.2, 0.25) is 10.0 Å². The number of amides is 2. The van der Waals surface area contributed by atoms with Gasteiger partial charge < -0.3 is 15.1 Å². The summed E-state index contributed by atoms with van der Waals surface area (Å²) in [6, 6.07) is 16.5. The Morgan fingerprint density at radius 2 is 1.47 bits per heavy atom. The summed E-state index contributed by atoms with van der Waals surface area (Å²) in [6.45, 7) is 4.12. The van der Waals surface area contributed by atoms with Crippen LogP contribution in [-0.4, -0.2) is 42.9 Å². The van der Waals surface area contributed by atoms with Gasteiger partial charge in [-0.15, -0.1) is 0 Å². The number of carbonyl (C=O) groups excluding carboxylic acids is 2. The van der Waals surface area contributed by atoms with Crippen molar-refractivity contribution in [2.75, 3.05) is 36.4 Å². The normalized spacial score (nSPS) is 14.1. The van der Waals surface area contributed by atoms with Gasteiger partial charge in [0, 0.05) is 49.1 Å². The quantitative estimate of drug-likeness (QED) is 0.617. The molecule has 3 aromatic rings. The number of hydrogen-bond donors (Lipinski definition) is 1. The maximum Gasteiger partial charge on any atom is 0.256 e. The summed E-state index contributed by atoms with van der Waals surface area (Å²) in [4.78, 5) is 28.7. The number of nitrogens with zero attached hydrogens (tertiary/aromatic N) is 2. The van der Waals surface area contributed by atoms with Gasteiger partial charge in [-0.05, 0) is 29.7 Å². The van der Waals surface area contributed by atoms with Crippen LogP contribution in [0.5, 0.6) is 0 Å². The molecule has 30 heavy (non-hydrogen) atoms. The molecule has 7 heteroatoms. The average Bonchev–Trinajstić information content (AvgIpc) is 2.74. The first-order valence-corrected chi connectivity index (χ1v) is 10.5. The fourth-order valence-corrected chi connectivity index (χ4v) is 4.37. The maximum atomic E-state index is 13.2. The maximum absolute atomic E-state index is 13.2. The van der Waals surface area contributed by atoms with Crippen molar-refractivity contribution in [2.45, 2.75) is 6.92 Å². The molecule has 1 saturated heterocycles. The molecular weight excluding hydrogens is 421 g/mol. The Morgan fingerprint density at radius 3 is 2.20 bits per heavy atom. The highest BCUT2D eigenvalue weighted by atomic mass is 35.5. The Labute approximate surface area is 185 Å². The third kappa shape index (κ3) is 3.95. The van der Waals surface area contributed by atoms with Gasteiger partial charge in [0.05, 0.1) is 16.4 Å². The second-order valence-electron chi connectivity index (χ2n) is 7.22. The molecule has 2 amide bonds. The van der Waals surface area contributed by atoms with Gasteiger partial charge >= 0.3 is 0 Å². The van der Waals surface area contributed by atoms with Crippen LogP contribution in [0, 0.1) is 0 Å². The zero-order valence-corrected chi connectivity index (χ0v) is 18.0. The predicted octanol–water partition coefficient (Wildman–Crippen LogP) is 5.07. The van der Waals surface area contributed by atoms with E-state index in [-0.39, 0.29) is 11.8 Å². The van der Waals surface area contributed by atoms with Gasteiger partial charge in [-0.25, -0.2) is 0 Å².